The first-order valence-electron chi connectivity index (χ1n) is 5.87. The van der Waals surface area contributed by atoms with E-state index in [-0.39, 0.29) is 17.6 Å². The van der Waals surface area contributed by atoms with E-state index < -0.39 is 22.0 Å². The summed E-state index contributed by atoms with van der Waals surface area (Å²) in [6, 6.07) is -1.02. The van der Waals surface area contributed by atoms with Crippen molar-refractivity contribution >= 4 is 16.0 Å². The topological polar surface area (TPSA) is 83.5 Å². The van der Waals surface area contributed by atoms with E-state index in [9.17, 15) is 13.2 Å². The first-order valence-corrected chi connectivity index (χ1v) is 7.52. The van der Waals surface area contributed by atoms with E-state index in [1.54, 1.807) is 0 Å². The Morgan fingerprint density at radius 2 is 1.71 bits per heavy atom. The summed E-state index contributed by atoms with van der Waals surface area (Å²) in [5, 5.41) is 8.94. The monoisotopic (exact) mass is 265 g/mol. The fourth-order valence-electron chi connectivity index (χ4n) is 1.34. The van der Waals surface area contributed by atoms with Crippen LogP contribution in [0.25, 0.3) is 0 Å². The van der Waals surface area contributed by atoms with E-state index in [0.717, 1.165) is 0 Å². The van der Waals surface area contributed by atoms with E-state index >= 15 is 0 Å². The molecule has 0 aromatic carbocycles. The molecule has 0 aromatic rings. The highest BCUT2D eigenvalue weighted by molar-refractivity contribution is 7.89. The number of nitrogens with one attached hydrogen (secondary N) is 1. The van der Waals surface area contributed by atoms with Gasteiger partial charge in [-0.1, -0.05) is 27.7 Å². The van der Waals surface area contributed by atoms with Gasteiger partial charge in [0.2, 0.25) is 10.0 Å². The molecule has 0 aliphatic carbocycles. The molecule has 17 heavy (non-hydrogen) atoms. The van der Waals surface area contributed by atoms with Gasteiger partial charge in [-0.3, -0.25) is 4.79 Å². The molecule has 0 radical (unpaired) electrons. The van der Waals surface area contributed by atoms with Crippen LogP contribution in [0.5, 0.6) is 0 Å². The Kier molecular flexibility index (Phi) is 6.70. The van der Waals surface area contributed by atoms with Crippen molar-refractivity contribution in [2.75, 3.05) is 5.75 Å². The Morgan fingerprint density at radius 1 is 1.18 bits per heavy atom. The van der Waals surface area contributed by atoms with Crippen LogP contribution in [-0.2, 0) is 14.8 Å². The number of sulfonamides is 1. The second kappa shape index (κ2) is 6.96. The number of carbonyl (C=O) groups is 1. The summed E-state index contributed by atoms with van der Waals surface area (Å²) in [6.45, 7) is 7.58. The van der Waals surface area contributed by atoms with E-state index in [1.807, 2.05) is 27.7 Å². The standard InChI is InChI=1S/C11H23NO4S/c1-8(2)5-6-17(15,16)12-10(11(13)14)7-9(3)4/h8-10,12H,5-7H2,1-4H3,(H,13,14)/t10-/m1/s1. The molecule has 0 rings (SSSR count). The molecule has 0 aliphatic heterocycles. The number of hydrogen-bond acceptors (Lipinski definition) is 3. The maximum absolute atomic E-state index is 11.7. The van der Waals surface area contributed by atoms with Crippen molar-refractivity contribution in [1.82, 2.24) is 4.72 Å². The molecule has 0 aromatic heterocycles. The highest BCUT2D eigenvalue weighted by atomic mass is 32.2. The average Bonchev–Trinajstić information content (AvgIpc) is 2.12. The molecule has 0 fully saturated rings. The van der Waals surface area contributed by atoms with Gasteiger partial charge in [-0.05, 0) is 24.7 Å². The number of hydrogen-bond donors (Lipinski definition) is 2. The Balaban J connectivity index is 4.48. The largest absolute Gasteiger partial charge is 0.480 e. The molecular weight excluding hydrogens is 242 g/mol. The summed E-state index contributed by atoms with van der Waals surface area (Å²) in [7, 11) is -3.50. The highest BCUT2D eigenvalue weighted by Gasteiger charge is 2.24. The number of carboxylic acids is 1. The van der Waals surface area contributed by atoms with E-state index in [2.05, 4.69) is 4.72 Å². The van der Waals surface area contributed by atoms with Gasteiger partial charge in [0.1, 0.15) is 6.04 Å². The van der Waals surface area contributed by atoms with Gasteiger partial charge < -0.3 is 5.11 Å². The van der Waals surface area contributed by atoms with Crippen molar-refractivity contribution in [3.63, 3.8) is 0 Å². The smallest absolute Gasteiger partial charge is 0.321 e. The molecule has 0 spiro atoms. The van der Waals surface area contributed by atoms with Gasteiger partial charge in [0.15, 0.2) is 0 Å². The third kappa shape index (κ3) is 8.15. The molecule has 0 amide bonds. The molecule has 0 saturated heterocycles. The average molecular weight is 265 g/mol. The van der Waals surface area contributed by atoms with Crippen LogP contribution in [-0.4, -0.2) is 31.3 Å². The third-order valence-electron chi connectivity index (χ3n) is 2.29. The van der Waals surface area contributed by atoms with Crippen molar-refractivity contribution in [3.8, 4) is 0 Å². The summed E-state index contributed by atoms with van der Waals surface area (Å²) in [5.74, 6) is -0.734. The van der Waals surface area contributed by atoms with Gasteiger partial charge in [-0.2, -0.15) is 0 Å². The molecule has 0 bridgehead atoms. The molecule has 0 unspecified atom stereocenters. The van der Waals surface area contributed by atoms with E-state index in [0.29, 0.717) is 12.8 Å². The predicted molar refractivity (Wildman–Crippen MR) is 67.3 cm³/mol. The third-order valence-corrected chi connectivity index (χ3v) is 3.71. The van der Waals surface area contributed by atoms with Crippen molar-refractivity contribution < 1.29 is 18.3 Å². The second-order valence-electron chi connectivity index (χ2n) is 5.14. The maximum atomic E-state index is 11.7. The Bertz CT molecular complexity index is 335. The lowest BCUT2D eigenvalue weighted by Crippen LogP contribution is -2.42. The van der Waals surface area contributed by atoms with Gasteiger partial charge >= 0.3 is 5.97 Å². The lowest BCUT2D eigenvalue weighted by atomic mass is 10.1. The lowest BCUT2D eigenvalue weighted by molar-refractivity contribution is -0.139. The molecule has 0 saturated carbocycles. The van der Waals surface area contributed by atoms with Crippen LogP contribution >= 0.6 is 0 Å². The summed E-state index contributed by atoms with van der Waals surface area (Å²) in [4.78, 5) is 10.9. The van der Waals surface area contributed by atoms with Crippen LogP contribution in [0.2, 0.25) is 0 Å². The fraction of sp³-hybridized carbons (Fsp3) is 0.909. The molecule has 1 atom stereocenters. The van der Waals surface area contributed by atoms with Crippen molar-refractivity contribution in [2.24, 2.45) is 11.8 Å². The zero-order chi connectivity index (χ0) is 13.6. The lowest BCUT2D eigenvalue weighted by Gasteiger charge is -2.17. The quantitative estimate of drug-likeness (QED) is 0.696. The SMILES string of the molecule is CC(C)CCS(=O)(=O)N[C@H](CC(C)C)C(=O)O. The molecular formula is C11H23NO4S. The van der Waals surface area contributed by atoms with Gasteiger partial charge in [-0.25, -0.2) is 13.1 Å². The van der Waals surface area contributed by atoms with Crippen LogP contribution in [0, 0.1) is 11.8 Å². The molecule has 0 aliphatic rings. The molecule has 102 valence electrons. The Labute approximate surface area is 104 Å². The minimum Gasteiger partial charge on any atom is -0.480 e. The maximum Gasteiger partial charge on any atom is 0.321 e. The number of aliphatic carboxylic acids is 1. The number of rotatable bonds is 8. The first kappa shape index (κ1) is 16.4. The minimum atomic E-state index is -3.50. The van der Waals surface area contributed by atoms with Crippen LogP contribution in [0.4, 0.5) is 0 Å². The zero-order valence-corrected chi connectivity index (χ0v) is 11.8. The van der Waals surface area contributed by atoms with Crippen LogP contribution in [0.3, 0.4) is 0 Å². The fourth-order valence-corrected chi connectivity index (χ4v) is 2.87. The van der Waals surface area contributed by atoms with Gasteiger partial charge in [0, 0.05) is 0 Å². The van der Waals surface area contributed by atoms with Crippen molar-refractivity contribution in [2.45, 2.75) is 46.6 Å². The molecule has 0 heterocycles. The summed E-state index contributed by atoms with van der Waals surface area (Å²) >= 11 is 0. The van der Waals surface area contributed by atoms with Gasteiger partial charge in [0.05, 0.1) is 5.75 Å². The Morgan fingerprint density at radius 3 is 2.06 bits per heavy atom. The summed E-state index contributed by atoms with van der Waals surface area (Å²) in [6.07, 6.45) is 0.833. The first-order chi connectivity index (χ1) is 7.64. The number of carboxylic acid groups (broad SMARTS) is 1. The van der Waals surface area contributed by atoms with Crippen molar-refractivity contribution in [1.29, 1.82) is 0 Å². The van der Waals surface area contributed by atoms with Crippen molar-refractivity contribution in [3.05, 3.63) is 0 Å². The zero-order valence-electron chi connectivity index (χ0n) is 10.9. The van der Waals surface area contributed by atoms with E-state index in [4.69, 9.17) is 5.11 Å². The van der Waals surface area contributed by atoms with Gasteiger partial charge in [-0.15, -0.1) is 0 Å². The molecule has 5 nitrogen and oxygen atoms in total. The van der Waals surface area contributed by atoms with E-state index in [1.165, 1.54) is 0 Å². The Hall–Kier alpha value is -0.620. The van der Waals surface area contributed by atoms with Gasteiger partial charge in [0.25, 0.3) is 0 Å². The predicted octanol–water partition coefficient (Wildman–Crippen LogP) is 1.45. The van der Waals surface area contributed by atoms with Crippen LogP contribution < -0.4 is 4.72 Å². The molecule has 2 N–H and O–H groups in total. The molecule has 6 heteroatoms. The summed E-state index contributed by atoms with van der Waals surface area (Å²) < 4.78 is 25.6. The normalized spacial score (nSPS) is 14.2. The highest BCUT2D eigenvalue weighted by Crippen LogP contribution is 2.08. The second-order valence-corrected chi connectivity index (χ2v) is 7.01. The van der Waals surface area contributed by atoms with Crippen LogP contribution in [0.15, 0.2) is 0 Å². The minimum absolute atomic E-state index is 0.0213. The summed E-state index contributed by atoms with van der Waals surface area (Å²) in [5.41, 5.74) is 0. The van der Waals surface area contributed by atoms with Crippen LogP contribution in [0.1, 0.15) is 40.5 Å².